The average Bonchev–Trinajstić information content (AvgIpc) is 3.34. The predicted molar refractivity (Wildman–Crippen MR) is 209 cm³/mol. The summed E-state index contributed by atoms with van der Waals surface area (Å²) in [5, 5.41) is 1.21. The van der Waals surface area contributed by atoms with Gasteiger partial charge in [-0.05, 0) is 100 Å². The molecule has 6 rings (SSSR count). The summed E-state index contributed by atoms with van der Waals surface area (Å²) in [7, 11) is 0. The van der Waals surface area contributed by atoms with Crippen LogP contribution in [0.4, 0.5) is 0 Å². The first kappa shape index (κ1) is 38.9. The summed E-state index contributed by atoms with van der Waals surface area (Å²) in [5.74, 6) is 8.52. The molecule has 2 aromatic heterocycles. The first-order chi connectivity index (χ1) is 22.9. The molecule has 270 valence electrons. The van der Waals surface area contributed by atoms with E-state index >= 15 is 0 Å². The van der Waals surface area contributed by atoms with Crippen molar-refractivity contribution in [1.82, 2.24) is 0 Å². The molecule has 0 N–H and O–H groups in total. The van der Waals surface area contributed by atoms with Gasteiger partial charge in [-0.1, -0.05) is 127 Å². The molecule has 1 saturated carbocycles. The first-order valence-corrected chi connectivity index (χ1v) is 19.2. The molecule has 2 aliphatic rings. The van der Waals surface area contributed by atoms with Crippen LogP contribution in [-0.2, 0) is 6.42 Å². The summed E-state index contributed by atoms with van der Waals surface area (Å²) in [4.78, 5) is 0. The highest BCUT2D eigenvalue weighted by Gasteiger charge is 2.36. The topological polar surface area (TPSA) is 35.5 Å². The van der Waals surface area contributed by atoms with Crippen molar-refractivity contribution in [3.8, 4) is 5.75 Å². The monoisotopic (exact) mass is 669 g/mol. The predicted octanol–water partition coefficient (Wildman–Crippen LogP) is 14.2. The van der Waals surface area contributed by atoms with E-state index in [9.17, 15) is 0 Å². The SMILES string of the molecule is CC(C)[C@@H](c1cc2ccccc2o1)C(C)(C)C.CC(C)[C@@H](c1ccc2c(c1)OCC2)C(C)(C)C.CC(C)c1coc([C@H](C(C)C)C2CC2)c1. The molecule has 0 amide bonds. The normalized spacial score (nSPS) is 16.6. The van der Waals surface area contributed by atoms with Crippen molar-refractivity contribution < 1.29 is 13.6 Å². The molecular formula is C46H68O3. The number of fused-ring (bicyclic) bond motifs is 2. The lowest BCUT2D eigenvalue weighted by molar-refractivity contribution is 0.228. The molecule has 1 fully saturated rings. The maximum atomic E-state index is 6.02. The number of para-hydroxylation sites is 1. The zero-order chi connectivity index (χ0) is 36.3. The van der Waals surface area contributed by atoms with E-state index in [0.717, 1.165) is 36.0 Å². The fourth-order valence-electron chi connectivity index (χ4n) is 8.58. The lowest BCUT2D eigenvalue weighted by Crippen LogP contribution is -2.23. The van der Waals surface area contributed by atoms with E-state index in [1.165, 1.54) is 40.7 Å². The van der Waals surface area contributed by atoms with Crippen LogP contribution in [-0.4, -0.2) is 6.61 Å². The minimum Gasteiger partial charge on any atom is -0.493 e. The third-order valence-electron chi connectivity index (χ3n) is 10.5. The second-order valence-electron chi connectivity index (χ2n) is 18.4. The van der Waals surface area contributed by atoms with Gasteiger partial charge in [0.15, 0.2) is 0 Å². The van der Waals surface area contributed by atoms with Crippen molar-refractivity contribution in [1.29, 1.82) is 0 Å². The molecule has 1 aliphatic heterocycles. The van der Waals surface area contributed by atoms with Gasteiger partial charge < -0.3 is 13.6 Å². The van der Waals surface area contributed by atoms with Crippen molar-refractivity contribution in [3.05, 3.63) is 89.1 Å². The van der Waals surface area contributed by atoms with Crippen LogP contribution in [0.2, 0.25) is 0 Å². The third kappa shape index (κ3) is 10.1. The summed E-state index contributed by atoms with van der Waals surface area (Å²) in [6.45, 7) is 32.9. The molecule has 3 heteroatoms. The van der Waals surface area contributed by atoms with Gasteiger partial charge in [-0.2, -0.15) is 0 Å². The van der Waals surface area contributed by atoms with E-state index < -0.39 is 0 Å². The van der Waals surface area contributed by atoms with Crippen LogP contribution in [0.1, 0.15) is 162 Å². The van der Waals surface area contributed by atoms with Crippen LogP contribution in [0.3, 0.4) is 0 Å². The van der Waals surface area contributed by atoms with Gasteiger partial charge in [-0.25, -0.2) is 0 Å². The summed E-state index contributed by atoms with van der Waals surface area (Å²) in [6, 6.07) is 19.5. The summed E-state index contributed by atoms with van der Waals surface area (Å²) in [5.41, 5.74) is 5.65. The van der Waals surface area contributed by atoms with Crippen LogP contribution >= 0.6 is 0 Å². The minimum absolute atomic E-state index is 0.224. The zero-order valence-electron chi connectivity index (χ0n) is 33.4. The number of furan rings is 2. The molecule has 0 bridgehead atoms. The van der Waals surface area contributed by atoms with Crippen molar-refractivity contribution in [2.45, 2.75) is 140 Å². The van der Waals surface area contributed by atoms with Crippen LogP contribution in [0.15, 0.2) is 69.7 Å². The van der Waals surface area contributed by atoms with Crippen molar-refractivity contribution in [2.75, 3.05) is 6.61 Å². The van der Waals surface area contributed by atoms with Crippen LogP contribution < -0.4 is 4.74 Å². The Kier molecular flexibility index (Phi) is 12.6. The first-order valence-electron chi connectivity index (χ1n) is 19.2. The van der Waals surface area contributed by atoms with Gasteiger partial charge >= 0.3 is 0 Å². The number of rotatable bonds is 8. The Balaban J connectivity index is 0.000000166. The van der Waals surface area contributed by atoms with E-state index in [4.69, 9.17) is 13.6 Å². The Hall–Kier alpha value is -2.94. The quantitative estimate of drug-likeness (QED) is 0.187. The molecular weight excluding hydrogens is 601 g/mol. The minimum atomic E-state index is 0.224. The second-order valence-corrected chi connectivity index (χ2v) is 18.4. The van der Waals surface area contributed by atoms with Gasteiger partial charge in [0, 0.05) is 23.6 Å². The van der Waals surface area contributed by atoms with Crippen molar-refractivity contribution >= 4 is 11.0 Å². The number of benzene rings is 2. The van der Waals surface area contributed by atoms with Crippen molar-refractivity contribution in [3.63, 3.8) is 0 Å². The van der Waals surface area contributed by atoms with E-state index in [1.807, 2.05) is 18.4 Å². The second kappa shape index (κ2) is 15.9. The van der Waals surface area contributed by atoms with Gasteiger partial charge in [0.1, 0.15) is 22.9 Å². The van der Waals surface area contributed by atoms with Gasteiger partial charge in [0.2, 0.25) is 0 Å². The van der Waals surface area contributed by atoms with E-state index in [2.05, 4.69) is 139 Å². The highest BCUT2D eigenvalue weighted by molar-refractivity contribution is 5.77. The molecule has 0 radical (unpaired) electrons. The van der Waals surface area contributed by atoms with Crippen LogP contribution in [0.25, 0.3) is 11.0 Å². The fraction of sp³-hybridized carbons (Fsp3) is 0.609. The standard InChI is InChI=1S/C16H24O.C16H22O.C14H22O/c1-11(2)15(16(3,4)5)13-7-6-12-8-9-17-14(12)10-13;1-11(2)15(16(3,4)5)14-10-12-8-6-7-9-13(12)17-14;1-9(2)12-7-13(15-8-12)14(10(3)4)11-5-6-11/h6-7,10-11,15H,8-9H2,1-5H3;6-11,15H,1-5H3;7-11,14H,5-6H2,1-4H3/t2*15-;14-/m001/s1. The molecule has 4 aromatic rings. The Morgan fingerprint density at radius 2 is 1.29 bits per heavy atom. The maximum Gasteiger partial charge on any atom is 0.134 e. The summed E-state index contributed by atoms with van der Waals surface area (Å²) >= 11 is 0. The third-order valence-corrected chi connectivity index (χ3v) is 10.5. The highest BCUT2D eigenvalue weighted by atomic mass is 16.5. The van der Waals surface area contributed by atoms with Gasteiger partial charge in [-0.15, -0.1) is 0 Å². The Morgan fingerprint density at radius 1 is 0.653 bits per heavy atom. The summed E-state index contributed by atoms with van der Waals surface area (Å²) < 4.78 is 17.5. The summed E-state index contributed by atoms with van der Waals surface area (Å²) in [6.07, 6.45) is 5.79. The molecule has 3 atom stereocenters. The highest BCUT2D eigenvalue weighted by Crippen LogP contribution is 2.47. The van der Waals surface area contributed by atoms with Gasteiger partial charge in [-0.3, -0.25) is 0 Å². The number of hydrogen-bond donors (Lipinski definition) is 0. The maximum absolute atomic E-state index is 6.02. The molecule has 0 unspecified atom stereocenters. The molecule has 3 heterocycles. The van der Waals surface area contributed by atoms with E-state index in [1.54, 1.807) is 0 Å². The molecule has 2 aromatic carbocycles. The Morgan fingerprint density at radius 3 is 1.80 bits per heavy atom. The average molecular weight is 669 g/mol. The van der Waals surface area contributed by atoms with Crippen LogP contribution in [0, 0.1) is 34.5 Å². The van der Waals surface area contributed by atoms with Crippen LogP contribution in [0.5, 0.6) is 5.75 Å². The molecule has 3 nitrogen and oxygen atoms in total. The van der Waals surface area contributed by atoms with Crippen molar-refractivity contribution in [2.24, 2.45) is 34.5 Å². The van der Waals surface area contributed by atoms with Gasteiger partial charge in [0.05, 0.1) is 12.9 Å². The van der Waals surface area contributed by atoms with E-state index in [0.29, 0.717) is 46.8 Å². The molecule has 1 aliphatic carbocycles. The largest absolute Gasteiger partial charge is 0.493 e. The van der Waals surface area contributed by atoms with E-state index in [-0.39, 0.29) is 5.41 Å². The number of hydrogen-bond acceptors (Lipinski definition) is 3. The lowest BCUT2D eigenvalue weighted by Gasteiger charge is -2.34. The Labute approximate surface area is 299 Å². The molecule has 0 saturated heterocycles. The fourth-order valence-corrected chi connectivity index (χ4v) is 8.58. The Bertz CT molecular complexity index is 1560. The molecule has 0 spiro atoms. The smallest absolute Gasteiger partial charge is 0.134 e. The number of ether oxygens (including phenoxy) is 1. The lowest BCUT2D eigenvalue weighted by atomic mass is 9.70. The molecule has 49 heavy (non-hydrogen) atoms. The van der Waals surface area contributed by atoms with Gasteiger partial charge in [0.25, 0.3) is 0 Å². The zero-order valence-corrected chi connectivity index (χ0v) is 33.4.